The largest absolute Gasteiger partial charge is 0.396 e. The molecule has 0 saturated carbocycles. The number of hydrogen-bond acceptors (Lipinski definition) is 4. The van der Waals surface area contributed by atoms with Crippen LogP contribution in [0.25, 0.3) is 0 Å². The maximum atomic E-state index is 9.50. The minimum absolute atomic E-state index is 0.0893. The second-order valence-corrected chi connectivity index (χ2v) is 3.17. The molecule has 0 bridgehead atoms. The molecule has 11 heavy (non-hydrogen) atoms. The van der Waals surface area contributed by atoms with E-state index in [-0.39, 0.29) is 6.61 Å². The Hall–Kier alpha value is -0.160. The van der Waals surface area contributed by atoms with Gasteiger partial charge >= 0.3 is 0 Å². The van der Waals surface area contributed by atoms with Crippen LogP contribution in [0.5, 0.6) is 0 Å². The van der Waals surface area contributed by atoms with Crippen molar-refractivity contribution in [3.8, 4) is 0 Å². The fourth-order valence-electron chi connectivity index (χ4n) is 1.11. The van der Waals surface area contributed by atoms with Crippen molar-refractivity contribution in [1.29, 1.82) is 0 Å². The molecule has 4 nitrogen and oxygen atoms in total. The van der Waals surface area contributed by atoms with Gasteiger partial charge in [0.25, 0.3) is 0 Å². The molecule has 4 heteroatoms. The molecule has 0 spiro atoms. The zero-order valence-corrected chi connectivity index (χ0v) is 6.78. The first kappa shape index (κ1) is 8.93. The third kappa shape index (κ3) is 1.39. The number of aliphatic hydroxyl groups excluding tert-OH is 2. The molecule has 1 heterocycles. The summed E-state index contributed by atoms with van der Waals surface area (Å²) in [7, 11) is 1.47. The molecule has 1 aliphatic rings. The van der Waals surface area contributed by atoms with Crippen LogP contribution in [-0.2, 0) is 9.47 Å². The Morgan fingerprint density at radius 2 is 2.36 bits per heavy atom. The lowest BCUT2D eigenvalue weighted by Crippen LogP contribution is -2.38. The van der Waals surface area contributed by atoms with Crippen LogP contribution in [0.1, 0.15) is 6.92 Å². The molecule has 0 aromatic rings. The lowest BCUT2D eigenvalue weighted by Gasteiger charge is -2.23. The zero-order valence-electron chi connectivity index (χ0n) is 6.78. The average Bonchev–Trinajstić information content (AvgIpc) is 2.31. The van der Waals surface area contributed by atoms with Gasteiger partial charge < -0.3 is 19.7 Å². The normalized spacial score (nSPS) is 44.7. The van der Waals surface area contributed by atoms with E-state index in [0.717, 1.165) is 0 Å². The van der Waals surface area contributed by atoms with Gasteiger partial charge in [-0.2, -0.15) is 0 Å². The third-order valence-corrected chi connectivity index (χ3v) is 2.14. The third-order valence-electron chi connectivity index (χ3n) is 2.14. The summed E-state index contributed by atoms with van der Waals surface area (Å²) in [5.41, 5.74) is -0.569. The first-order valence-electron chi connectivity index (χ1n) is 3.57. The second-order valence-electron chi connectivity index (χ2n) is 3.17. The highest BCUT2D eigenvalue weighted by molar-refractivity contribution is 4.89. The Morgan fingerprint density at radius 3 is 2.64 bits per heavy atom. The average molecular weight is 162 g/mol. The van der Waals surface area contributed by atoms with Gasteiger partial charge in [-0.25, -0.2) is 0 Å². The molecule has 2 N–H and O–H groups in total. The summed E-state index contributed by atoms with van der Waals surface area (Å²) in [6.07, 6.45) is -1.33. The standard InChI is InChI=1S/C7H14O4/c1-7(3-8)4-11-6(10-2)5(7)9/h5-6,8-9H,3-4H2,1-2H3. The Kier molecular flexibility index (Phi) is 2.49. The summed E-state index contributed by atoms with van der Waals surface area (Å²) in [4.78, 5) is 0. The highest BCUT2D eigenvalue weighted by atomic mass is 16.7. The molecule has 3 atom stereocenters. The van der Waals surface area contributed by atoms with Gasteiger partial charge in [0, 0.05) is 12.5 Å². The fraction of sp³-hybridized carbons (Fsp3) is 1.00. The van der Waals surface area contributed by atoms with Crippen LogP contribution in [0.2, 0.25) is 0 Å². The summed E-state index contributed by atoms with van der Waals surface area (Å²) in [6.45, 7) is 2.01. The molecule has 0 aromatic heterocycles. The molecule has 1 fully saturated rings. The summed E-state index contributed by atoms with van der Waals surface area (Å²) in [5, 5.41) is 18.4. The highest BCUT2D eigenvalue weighted by Crippen LogP contribution is 2.32. The predicted octanol–water partition coefficient (Wildman–Crippen LogP) is -0.651. The molecule has 66 valence electrons. The summed E-state index contributed by atoms with van der Waals surface area (Å²) in [5.74, 6) is 0. The first-order chi connectivity index (χ1) is 5.14. The smallest absolute Gasteiger partial charge is 0.183 e. The van der Waals surface area contributed by atoms with Crippen LogP contribution in [0.15, 0.2) is 0 Å². The molecule has 0 aliphatic carbocycles. The van der Waals surface area contributed by atoms with Gasteiger partial charge in [-0.3, -0.25) is 0 Å². The van der Waals surface area contributed by atoms with E-state index in [4.69, 9.17) is 14.6 Å². The van der Waals surface area contributed by atoms with Crippen molar-refractivity contribution in [2.45, 2.75) is 19.3 Å². The fourth-order valence-corrected chi connectivity index (χ4v) is 1.11. The number of aliphatic hydroxyl groups is 2. The van der Waals surface area contributed by atoms with Crippen molar-refractivity contribution >= 4 is 0 Å². The summed E-state index contributed by atoms with van der Waals surface area (Å²) < 4.78 is 9.93. The Balaban J connectivity index is 2.61. The van der Waals surface area contributed by atoms with Crippen molar-refractivity contribution < 1.29 is 19.7 Å². The van der Waals surface area contributed by atoms with Crippen molar-refractivity contribution in [3.63, 3.8) is 0 Å². The Morgan fingerprint density at radius 1 is 1.73 bits per heavy atom. The van der Waals surface area contributed by atoms with Gasteiger partial charge in [0.1, 0.15) is 6.10 Å². The minimum atomic E-state index is -0.738. The van der Waals surface area contributed by atoms with Gasteiger partial charge in [-0.15, -0.1) is 0 Å². The summed E-state index contributed by atoms with van der Waals surface area (Å²) >= 11 is 0. The Labute approximate surface area is 65.7 Å². The molecule has 1 aliphatic heterocycles. The van der Waals surface area contributed by atoms with E-state index in [9.17, 15) is 5.11 Å². The molecular weight excluding hydrogens is 148 g/mol. The van der Waals surface area contributed by atoms with Crippen LogP contribution in [-0.4, -0.2) is 42.9 Å². The number of methoxy groups -OCH3 is 1. The quantitative estimate of drug-likeness (QED) is 0.566. The van der Waals surface area contributed by atoms with Crippen LogP contribution >= 0.6 is 0 Å². The molecule has 1 saturated heterocycles. The predicted molar refractivity (Wildman–Crippen MR) is 37.9 cm³/mol. The second kappa shape index (κ2) is 3.06. The van der Waals surface area contributed by atoms with Crippen molar-refractivity contribution in [2.75, 3.05) is 20.3 Å². The van der Waals surface area contributed by atoms with Crippen molar-refractivity contribution in [3.05, 3.63) is 0 Å². The molecule has 1 rings (SSSR count). The number of rotatable bonds is 2. The monoisotopic (exact) mass is 162 g/mol. The Bertz CT molecular complexity index is 138. The maximum Gasteiger partial charge on any atom is 0.183 e. The van der Waals surface area contributed by atoms with Crippen LogP contribution in [0.3, 0.4) is 0 Å². The van der Waals surface area contributed by atoms with Gasteiger partial charge in [0.15, 0.2) is 6.29 Å². The molecule has 0 radical (unpaired) electrons. The van der Waals surface area contributed by atoms with Crippen LogP contribution in [0.4, 0.5) is 0 Å². The number of hydrogen-bond donors (Lipinski definition) is 2. The molecule has 0 amide bonds. The van der Waals surface area contributed by atoms with E-state index in [1.807, 2.05) is 0 Å². The van der Waals surface area contributed by atoms with E-state index in [1.165, 1.54) is 7.11 Å². The van der Waals surface area contributed by atoms with Crippen molar-refractivity contribution in [2.24, 2.45) is 5.41 Å². The van der Waals surface area contributed by atoms with Crippen LogP contribution in [0, 0.1) is 5.41 Å². The maximum absolute atomic E-state index is 9.50. The van der Waals surface area contributed by atoms with Gasteiger partial charge in [-0.05, 0) is 0 Å². The highest BCUT2D eigenvalue weighted by Gasteiger charge is 2.45. The lowest BCUT2D eigenvalue weighted by atomic mass is 9.88. The van der Waals surface area contributed by atoms with Crippen molar-refractivity contribution in [1.82, 2.24) is 0 Å². The molecular formula is C7H14O4. The van der Waals surface area contributed by atoms with E-state index in [1.54, 1.807) is 6.92 Å². The van der Waals surface area contributed by atoms with E-state index in [0.29, 0.717) is 6.61 Å². The van der Waals surface area contributed by atoms with Gasteiger partial charge in [-0.1, -0.05) is 6.92 Å². The number of ether oxygens (including phenoxy) is 2. The minimum Gasteiger partial charge on any atom is -0.396 e. The van der Waals surface area contributed by atoms with E-state index >= 15 is 0 Å². The molecule has 3 unspecified atom stereocenters. The van der Waals surface area contributed by atoms with E-state index in [2.05, 4.69) is 0 Å². The SMILES string of the molecule is COC1OCC(C)(CO)C1O. The zero-order chi connectivity index (χ0) is 8.48. The topological polar surface area (TPSA) is 58.9 Å². The van der Waals surface area contributed by atoms with Gasteiger partial charge in [0.2, 0.25) is 0 Å². The summed E-state index contributed by atoms with van der Waals surface area (Å²) in [6, 6.07) is 0. The lowest BCUT2D eigenvalue weighted by molar-refractivity contribution is -0.136. The van der Waals surface area contributed by atoms with Crippen LogP contribution < -0.4 is 0 Å². The van der Waals surface area contributed by atoms with E-state index < -0.39 is 17.8 Å². The molecule has 0 aromatic carbocycles. The van der Waals surface area contributed by atoms with Gasteiger partial charge in [0.05, 0.1) is 13.2 Å². The first-order valence-corrected chi connectivity index (χ1v) is 3.57.